The van der Waals surface area contributed by atoms with Crippen LogP contribution in [-0.2, 0) is 13.1 Å². The molecule has 1 aliphatic rings. The first-order chi connectivity index (χ1) is 11.7. The quantitative estimate of drug-likeness (QED) is 0.827. The maximum Gasteiger partial charge on any atom is 0.0790 e. The molecule has 2 nitrogen and oxygen atoms in total. The van der Waals surface area contributed by atoms with Crippen LogP contribution < -0.4 is 0 Å². The standard InChI is InChI=1S/C22H25NO/c1-18(22(24)21-14-8-9-15-21)23(16-19-10-4-2-5-11-19)17-20-12-6-3-7-13-20/h2-15,18,21-22,24H,16-17H2,1H3/t18-,22+/m0/s1. The van der Waals surface area contributed by atoms with Crippen molar-refractivity contribution < 1.29 is 5.11 Å². The van der Waals surface area contributed by atoms with Crippen molar-refractivity contribution in [3.05, 3.63) is 96.1 Å². The second-order valence-corrected chi connectivity index (χ2v) is 6.45. The molecular formula is C22H25NO. The van der Waals surface area contributed by atoms with Crippen LogP contribution in [0.15, 0.2) is 85.0 Å². The molecule has 0 amide bonds. The maximum atomic E-state index is 10.8. The van der Waals surface area contributed by atoms with Gasteiger partial charge in [-0.3, -0.25) is 4.90 Å². The highest BCUT2D eigenvalue weighted by Gasteiger charge is 2.27. The largest absolute Gasteiger partial charge is 0.391 e. The molecule has 2 aromatic carbocycles. The summed E-state index contributed by atoms with van der Waals surface area (Å²) < 4.78 is 0. The Morgan fingerprint density at radius 2 is 1.29 bits per heavy atom. The molecule has 0 aromatic heterocycles. The van der Waals surface area contributed by atoms with Gasteiger partial charge in [0.25, 0.3) is 0 Å². The molecule has 0 saturated carbocycles. The minimum absolute atomic E-state index is 0.0582. The van der Waals surface area contributed by atoms with Gasteiger partial charge in [-0.25, -0.2) is 0 Å². The van der Waals surface area contributed by atoms with Gasteiger partial charge in [0.05, 0.1) is 6.10 Å². The molecule has 3 rings (SSSR count). The van der Waals surface area contributed by atoms with Gasteiger partial charge in [-0.1, -0.05) is 85.0 Å². The molecule has 0 radical (unpaired) electrons. The first kappa shape index (κ1) is 16.7. The van der Waals surface area contributed by atoms with Crippen LogP contribution in [0.25, 0.3) is 0 Å². The molecular weight excluding hydrogens is 294 g/mol. The number of aliphatic hydroxyl groups excluding tert-OH is 1. The second kappa shape index (κ2) is 8.09. The Hall–Kier alpha value is -2.16. The van der Waals surface area contributed by atoms with Crippen LogP contribution in [0.4, 0.5) is 0 Å². The van der Waals surface area contributed by atoms with E-state index in [2.05, 4.69) is 72.5 Å². The molecule has 2 atom stereocenters. The predicted octanol–water partition coefficient (Wildman–Crippen LogP) is 4.18. The third-order valence-electron chi connectivity index (χ3n) is 4.70. The smallest absolute Gasteiger partial charge is 0.0790 e. The van der Waals surface area contributed by atoms with Crippen LogP contribution in [0.3, 0.4) is 0 Å². The van der Waals surface area contributed by atoms with E-state index in [0.29, 0.717) is 0 Å². The van der Waals surface area contributed by atoms with E-state index in [9.17, 15) is 5.11 Å². The second-order valence-electron chi connectivity index (χ2n) is 6.45. The molecule has 24 heavy (non-hydrogen) atoms. The van der Waals surface area contributed by atoms with Gasteiger partial charge >= 0.3 is 0 Å². The Morgan fingerprint density at radius 3 is 1.75 bits per heavy atom. The molecule has 2 aromatic rings. The molecule has 0 spiro atoms. The lowest BCUT2D eigenvalue weighted by Crippen LogP contribution is -2.43. The SMILES string of the molecule is C[C@@H]([C@@H](O)C1C=CC=C1)N(Cc1ccccc1)Cc1ccccc1. The molecule has 124 valence electrons. The maximum absolute atomic E-state index is 10.8. The fraction of sp³-hybridized carbons (Fsp3) is 0.273. The molecule has 0 bridgehead atoms. The van der Waals surface area contributed by atoms with Gasteiger partial charge in [0, 0.05) is 25.0 Å². The summed E-state index contributed by atoms with van der Waals surface area (Å²) in [7, 11) is 0. The molecule has 0 heterocycles. The van der Waals surface area contributed by atoms with E-state index in [0.717, 1.165) is 13.1 Å². The van der Waals surface area contributed by atoms with E-state index >= 15 is 0 Å². The zero-order valence-electron chi connectivity index (χ0n) is 14.1. The van der Waals surface area contributed by atoms with Crippen LogP contribution in [0.5, 0.6) is 0 Å². The van der Waals surface area contributed by atoms with Gasteiger partial charge in [0.1, 0.15) is 0 Å². The van der Waals surface area contributed by atoms with Crippen molar-refractivity contribution in [3.63, 3.8) is 0 Å². The van der Waals surface area contributed by atoms with Crippen molar-refractivity contribution in [1.82, 2.24) is 4.90 Å². The molecule has 1 aliphatic carbocycles. The van der Waals surface area contributed by atoms with E-state index in [4.69, 9.17) is 0 Å². The number of allylic oxidation sites excluding steroid dienone is 2. The van der Waals surface area contributed by atoms with Crippen molar-refractivity contribution in [3.8, 4) is 0 Å². The zero-order valence-corrected chi connectivity index (χ0v) is 14.1. The minimum atomic E-state index is -0.410. The Bertz CT molecular complexity index is 624. The van der Waals surface area contributed by atoms with Crippen LogP contribution >= 0.6 is 0 Å². The van der Waals surface area contributed by atoms with E-state index in [1.165, 1.54) is 11.1 Å². The van der Waals surface area contributed by atoms with Gasteiger partial charge in [-0.2, -0.15) is 0 Å². The molecule has 0 unspecified atom stereocenters. The fourth-order valence-corrected chi connectivity index (χ4v) is 3.19. The third kappa shape index (κ3) is 4.22. The minimum Gasteiger partial charge on any atom is -0.391 e. The highest BCUT2D eigenvalue weighted by molar-refractivity contribution is 5.21. The van der Waals surface area contributed by atoms with E-state index < -0.39 is 6.10 Å². The van der Waals surface area contributed by atoms with Crippen LogP contribution in [0.1, 0.15) is 18.1 Å². The predicted molar refractivity (Wildman–Crippen MR) is 99.4 cm³/mol. The van der Waals surface area contributed by atoms with E-state index in [-0.39, 0.29) is 12.0 Å². The summed E-state index contributed by atoms with van der Waals surface area (Å²) in [6.45, 7) is 3.78. The lowest BCUT2D eigenvalue weighted by atomic mass is 9.96. The normalized spacial score (nSPS) is 16.6. The highest BCUT2D eigenvalue weighted by Crippen LogP contribution is 2.22. The Labute approximate surface area is 144 Å². The van der Waals surface area contributed by atoms with Gasteiger partial charge in [-0.05, 0) is 18.1 Å². The topological polar surface area (TPSA) is 23.5 Å². The Kier molecular flexibility index (Phi) is 5.63. The van der Waals surface area contributed by atoms with Crippen LogP contribution in [-0.4, -0.2) is 22.2 Å². The van der Waals surface area contributed by atoms with Crippen LogP contribution in [0.2, 0.25) is 0 Å². The Balaban J connectivity index is 1.77. The lowest BCUT2D eigenvalue weighted by molar-refractivity contribution is 0.0342. The molecule has 1 N–H and O–H groups in total. The van der Waals surface area contributed by atoms with Crippen molar-refractivity contribution in [1.29, 1.82) is 0 Å². The van der Waals surface area contributed by atoms with Gasteiger partial charge in [-0.15, -0.1) is 0 Å². The molecule has 2 heteroatoms. The number of benzene rings is 2. The van der Waals surface area contributed by atoms with E-state index in [1.807, 2.05) is 24.3 Å². The number of hydrogen-bond acceptors (Lipinski definition) is 2. The number of aliphatic hydroxyl groups is 1. The average molecular weight is 319 g/mol. The van der Waals surface area contributed by atoms with Crippen molar-refractivity contribution in [2.24, 2.45) is 5.92 Å². The van der Waals surface area contributed by atoms with Gasteiger partial charge in [0.2, 0.25) is 0 Å². The molecule has 0 fully saturated rings. The summed E-state index contributed by atoms with van der Waals surface area (Å²) in [6, 6.07) is 21.0. The zero-order chi connectivity index (χ0) is 16.8. The Morgan fingerprint density at radius 1 is 0.833 bits per heavy atom. The van der Waals surface area contributed by atoms with Crippen molar-refractivity contribution in [2.75, 3.05) is 0 Å². The van der Waals surface area contributed by atoms with Crippen LogP contribution in [0, 0.1) is 5.92 Å². The van der Waals surface area contributed by atoms with Gasteiger partial charge < -0.3 is 5.11 Å². The molecule has 0 aliphatic heterocycles. The number of hydrogen-bond donors (Lipinski definition) is 1. The molecule has 0 saturated heterocycles. The third-order valence-corrected chi connectivity index (χ3v) is 4.70. The lowest BCUT2D eigenvalue weighted by Gasteiger charge is -2.34. The summed E-state index contributed by atoms with van der Waals surface area (Å²) in [5.41, 5.74) is 2.54. The first-order valence-corrected chi connectivity index (χ1v) is 8.59. The number of nitrogens with zero attached hydrogens (tertiary/aromatic N) is 1. The summed E-state index contributed by atoms with van der Waals surface area (Å²) in [4.78, 5) is 2.36. The van der Waals surface area contributed by atoms with Crippen molar-refractivity contribution >= 4 is 0 Å². The van der Waals surface area contributed by atoms with Gasteiger partial charge in [0.15, 0.2) is 0 Å². The summed E-state index contributed by atoms with van der Waals surface area (Å²) >= 11 is 0. The fourth-order valence-electron chi connectivity index (χ4n) is 3.19. The highest BCUT2D eigenvalue weighted by atomic mass is 16.3. The number of rotatable bonds is 7. The summed E-state index contributed by atoms with van der Waals surface area (Å²) in [5.74, 6) is 0.106. The first-order valence-electron chi connectivity index (χ1n) is 8.59. The average Bonchev–Trinajstić information content (AvgIpc) is 3.16. The summed E-state index contributed by atoms with van der Waals surface area (Å²) in [5, 5.41) is 10.8. The van der Waals surface area contributed by atoms with Crippen molar-refractivity contribution in [2.45, 2.75) is 32.2 Å². The van der Waals surface area contributed by atoms with E-state index in [1.54, 1.807) is 0 Å². The summed E-state index contributed by atoms with van der Waals surface area (Å²) in [6.07, 6.45) is 7.76. The monoisotopic (exact) mass is 319 g/mol.